The van der Waals surface area contributed by atoms with E-state index in [1.165, 1.54) is 11.1 Å². The molecule has 0 aliphatic carbocycles. The predicted octanol–water partition coefficient (Wildman–Crippen LogP) is 1.86. The Labute approximate surface area is 143 Å². The number of carbonyl (C=O) groups is 2. The van der Waals surface area contributed by atoms with Gasteiger partial charge in [0.05, 0.1) is 12.6 Å². The summed E-state index contributed by atoms with van der Waals surface area (Å²) < 4.78 is 0. The number of likely N-dealkylation sites (tertiary alicyclic amines) is 2. The van der Waals surface area contributed by atoms with Gasteiger partial charge in [-0.15, -0.1) is 0 Å². The number of piperidine rings is 1. The van der Waals surface area contributed by atoms with E-state index in [4.69, 9.17) is 5.73 Å². The third-order valence-electron chi connectivity index (χ3n) is 5.47. The maximum absolute atomic E-state index is 12.8. The molecular formula is C19H27N3O2. The average molecular weight is 329 g/mol. The smallest absolute Gasteiger partial charge is 0.237 e. The number of hydrogen-bond donors (Lipinski definition) is 1. The molecule has 1 unspecified atom stereocenters. The Morgan fingerprint density at radius 3 is 2.50 bits per heavy atom. The highest BCUT2D eigenvalue weighted by Gasteiger charge is 2.32. The minimum atomic E-state index is -0.208. The van der Waals surface area contributed by atoms with E-state index in [9.17, 15) is 9.59 Å². The summed E-state index contributed by atoms with van der Waals surface area (Å²) in [6, 6.07) is 8.57. The van der Waals surface area contributed by atoms with E-state index in [1.807, 2.05) is 11.0 Å². The summed E-state index contributed by atoms with van der Waals surface area (Å²) in [6.07, 6.45) is 3.64. The maximum Gasteiger partial charge on any atom is 0.237 e. The molecule has 0 radical (unpaired) electrons. The third kappa shape index (κ3) is 3.61. The van der Waals surface area contributed by atoms with E-state index in [0.717, 1.165) is 45.3 Å². The number of primary amides is 1. The molecule has 130 valence electrons. The molecule has 24 heavy (non-hydrogen) atoms. The summed E-state index contributed by atoms with van der Waals surface area (Å²) in [5.74, 6) is -0.0266. The van der Waals surface area contributed by atoms with E-state index >= 15 is 0 Å². The van der Waals surface area contributed by atoms with Crippen LogP contribution >= 0.6 is 0 Å². The van der Waals surface area contributed by atoms with Gasteiger partial charge < -0.3 is 10.6 Å². The van der Waals surface area contributed by atoms with Gasteiger partial charge in [-0.3, -0.25) is 14.5 Å². The summed E-state index contributed by atoms with van der Waals surface area (Å²) >= 11 is 0. The van der Waals surface area contributed by atoms with Crippen molar-refractivity contribution in [2.75, 3.05) is 26.2 Å². The zero-order valence-corrected chi connectivity index (χ0v) is 14.4. The zero-order chi connectivity index (χ0) is 17.1. The van der Waals surface area contributed by atoms with Crippen molar-refractivity contribution >= 4 is 11.8 Å². The third-order valence-corrected chi connectivity index (χ3v) is 5.47. The monoisotopic (exact) mass is 329 g/mol. The van der Waals surface area contributed by atoms with Crippen molar-refractivity contribution in [1.29, 1.82) is 0 Å². The number of aryl methyl sites for hydroxylation is 1. The fraction of sp³-hybridized carbons (Fsp3) is 0.579. The van der Waals surface area contributed by atoms with Crippen LogP contribution in [-0.2, 0) is 9.59 Å². The van der Waals surface area contributed by atoms with E-state index in [1.54, 1.807) is 0 Å². The Morgan fingerprint density at radius 1 is 1.12 bits per heavy atom. The average Bonchev–Trinajstić information content (AvgIpc) is 3.05. The number of rotatable bonds is 4. The number of nitrogens with zero attached hydrogens (tertiary/aromatic N) is 2. The van der Waals surface area contributed by atoms with Crippen LogP contribution < -0.4 is 5.73 Å². The predicted molar refractivity (Wildman–Crippen MR) is 93.2 cm³/mol. The fourth-order valence-electron chi connectivity index (χ4n) is 4.01. The lowest BCUT2D eigenvalue weighted by molar-refractivity contribution is -0.133. The number of hydrogen-bond acceptors (Lipinski definition) is 3. The number of carbonyl (C=O) groups excluding carboxylic acids is 2. The van der Waals surface area contributed by atoms with Crippen LogP contribution in [0.1, 0.15) is 42.9 Å². The fourth-order valence-corrected chi connectivity index (χ4v) is 4.01. The molecule has 0 aromatic heterocycles. The summed E-state index contributed by atoms with van der Waals surface area (Å²) in [5, 5.41) is 0. The van der Waals surface area contributed by atoms with Crippen LogP contribution in [0.2, 0.25) is 0 Å². The first-order valence-electron chi connectivity index (χ1n) is 8.93. The molecule has 0 bridgehead atoms. The molecule has 1 atom stereocenters. The van der Waals surface area contributed by atoms with Crippen molar-refractivity contribution in [3.63, 3.8) is 0 Å². The Hall–Kier alpha value is -1.88. The molecule has 0 saturated carbocycles. The van der Waals surface area contributed by atoms with Crippen molar-refractivity contribution in [2.45, 2.75) is 38.6 Å². The first-order chi connectivity index (χ1) is 11.6. The normalized spacial score (nSPS) is 22.7. The van der Waals surface area contributed by atoms with Crippen LogP contribution in [0.4, 0.5) is 0 Å². The van der Waals surface area contributed by atoms with E-state index in [0.29, 0.717) is 6.54 Å². The second-order valence-corrected chi connectivity index (χ2v) is 7.05. The molecule has 2 heterocycles. The molecule has 5 nitrogen and oxygen atoms in total. The molecule has 0 spiro atoms. The summed E-state index contributed by atoms with van der Waals surface area (Å²) in [7, 11) is 0. The second-order valence-electron chi connectivity index (χ2n) is 7.05. The van der Waals surface area contributed by atoms with Crippen LogP contribution in [0.25, 0.3) is 0 Å². The van der Waals surface area contributed by atoms with Crippen molar-refractivity contribution < 1.29 is 9.59 Å². The zero-order valence-electron chi connectivity index (χ0n) is 14.4. The molecule has 1 aromatic rings. The van der Waals surface area contributed by atoms with Gasteiger partial charge in [0, 0.05) is 12.5 Å². The van der Waals surface area contributed by atoms with Crippen LogP contribution in [-0.4, -0.2) is 47.8 Å². The van der Waals surface area contributed by atoms with Crippen molar-refractivity contribution in [1.82, 2.24) is 9.80 Å². The quantitative estimate of drug-likeness (QED) is 0.917. The van der Waals surface area contributed by atoms with Gasteiger partial charge in [0.15, 0.2) is 0 Å². The van der Waals surface area contributed by atoms with Crippen molar-refractivity contribution in [3.8, 4) is 0 Å². The van der Waals surface area contributed by atoms with Crippen molar-refractivity contribution in [3.05, 3.63) is 35.4 Å². The molecule has 2 saturated heterocycles. The molecule has 2 aliphatic heterocycles. The molecule has 2 amide bonds. The largest absolute Gasteiger partial charge is 0.369 e. The van der Waals surface area contributed by atoms with Gasteiger partial charge in [0.2, 0.25) is 11.8 Å². The summed E-state index contributed by atoms with van der Waals surface area (Å²) in [6.45, 7) is 4.97. The highest BCUT2D eigenvalue weighted by Crippen LogP contribution is 2.33. The Kier molecular flexibility index (Phi) is 5.19. The number of nitrogens with two attached hydrogens (primary N) is 1. The first kappa shape index (κ1) is 17.0. The molecule has 1 aromatic carbocycles. The van der Waals surface area contributed by atoms with E-state index < -0.39 is 0 Å². The molecule has 3 rings (SSSR count). The molecular weight excluding hydrogens is 302 g/mol. The number of amides is 2. The van der Waals surface area contributed by atoms with Crippen LogP contribution in [0.15, 0.2) is 24.3 Å². The van der Waals surface area contributed by atoms with Gasteiger partial charge in [0.1, 0.15) is 0 Å². The molecule has 5 heteroatoms. The van der Waals surface area contributed by atoms with E-state index in [2.05, 4.69) is 30.0 Å². The molecule has 2 aliphatic rings. The van der Waals surface area contributed by atoms with Crippen LogP contribution in [0.3, 0.4) is 0 Å². The maximum atomic E-state index is 12.8. The SMILES string of the molecule is Cc1ccccc1C1CCCN1C(=O)CN1CCC(C(N)=O)CC1. The van der Waals surface area contributed by atoms with Crippen LogP contribution in [0, 0.1) is 12.8 Å². The Bertz CT molecular complexity index is 608. The van der Waals surface area contributed by atoms with Crippen molar-refractivity contribution in [2.24, 2.45) is 11.7 Å². The summed E-state index contributed by atoms with van der Waals surface area (Å²) in [4.78, 5) is 28.3. The van der Waals surface area contributed by atoms with E-state index in [-0.39, 0.29) is 23.8 Å². The van der Waals surface area contributed by atoms with Gasteiger partial charge in [-0.05, 0) is 56.8 Å². The highest BCUT2D eigenvalue weighted by atomic mass is 16.2. The van der Waals surface area contributed by atoms with Gasteiger partial charge >= 0.3 is 0 Å². The first-order valence-corrected chi connectivity index (χ1v) is 8.93. The Balaban J connectivity index is 1.61. The van der Waals surface area contributed by atoms with Gasteiger partial charge in [-0.25, -0.2) is 0 Å². The highest BCUT2D eigenvalue weighted by molar-refractivity contribution is 5.79. The lowest BCUT2D eigenvalue weighted by Crippen LogP contribution is -2.44. The Morgan fingerprint density at radius 2 is 1.83 bits per heavy atom. The molecule has 2 N–H and O–H groups in total. The lowest BCUT2D eigenvalue weighted by Gasteiger charge is -2.33. The topological polar surface area (TPSA) is 66.6 Å². The minimum Gasteiger partial charge on any atom is -0.369 e. The number of benzene rings is 1. The standard InChI is InChI=1S/C19H27N3O2/c1-14-5-2-3-6-16(14)17-7-4-10-22(17)18(23)13-21-11-8-15(9-12-21)19(20)24/h2-3,5-6,15,17H,4,7-13H2,1H3,(H2,20,24). The lowest BCUT2D eigenvalue weighted by atomic mass is 9.96. The van der Waals surface area contributed by atoms with Gasteiger partial charge in [-0.2, -0.15) is 0 Å². The van der Waals surface area contributed by atoms with Crippen LogP contribution in [0.5, 0.6) is 0 Å². The van der Waals surface area contributed by atoms with Gasteiger partial charge in [0.25, 0.3) is 0 Å². The summed E-state index contributed by atoms with van der Waals surface area (Å²) in [5.41, 5.74) is 7.91. The second kappa shape index (κ2) is 7.34. The molecule has 2 fully saturated rings. The minimum absolute atomic E-state index is 0.0251. The van der Waals surface area contributed by atoms with Gasteiger partial charge in [-0.1, -0.05) is 24.3 Å².